The van der Waals surface area contributed by atoms with Crippen molar-refractivity contribution in [2.75, 3.05) is 4.90 Å². The number of amides is 2. The second kappa shape index (κ2) is 5.34. The van der Waals surface area contributed by atoms with Crippen LogP contribution >= 0.6 is 34.8 Å². The molecule has 0 heterocycles. The minimum absolute atomic E-state index is 0.126. The Kier molecular flexibility index (Phi) is 4.47. The van der Waals surface area contributed by atoms with Gasteiger partial charge in [-0.05, 0) is 41.4 Å². The van der Waals surface area contributed by atoms with Gasteiger partial charge in [0.15, 0.2) is 0 Å². The maximum absolute atomic E-state index is 12.5. The molecular weight excluding hydrogens is 317 g/mol. The Balaban J connectivity index is 3.39. The van der Waals surface area contributed by atoms with E-state index < -0.39 is 28.2 Å². The summed E-state index contributed by atoms with van der Waals surface area (Å²) in [6.07, 6.45) is -4.66. The van der Waals surface area contributed by atoms with Gasteiger partial charge in [-0.15, -0.1) is 0 Å². The first-order valence-corrected chi connectivity index (χ1v) is 5.33. The fourth-order valence-electron chi connectivity index (χ4n) is 1.12. The average molecular weight is 320 g/mol. The third-order valence-electron chi connectivity index (χ3n) is 1.87. The van der Waals surface area contributed by atoms with Gasteiger partial charge in [-0.2, -0.15) is 13.2 Å². The fourth-order valence-corrected chi connectivity index (χ4v) is 1.70. The minimum Gasteiger partial charge on any atom is -0.254 e. The summed E-state index contributed by atoms with van der Waals surface area (Å²) in [6.45, 7) is 0. The highest BCUT2D eigenvalue weighted by Crippen LogP contribution is 2.36. The van der Waals surface area contributed by atoms with E-state index in [9.17, 15) is 22.8 Å². The van der Waals surface area contributed by atoms with Gasteiger partial charge in [0, 0.05) is 0 Å². The molecule has 0 radical (unpaired) electrons. The Bertz CT molecular complexity index is 490. The third-order valence-corrected chi connectivity index (χ3v) is 2.52. The van der Waals surface area contributed by atoms with E-state index in [-0.39, 0.29) is 9.92 Å². The summed E-state index contributed by atoms with van der Waals surface area (Å²) >= 11 is 15.7. The summed E-state index contributed by atoms with van der Waals surface area (Å²) in [4.78, 5) is 22.0. The van der Waals surface area contributed by atoms with Crippen LogP contribution in [0.25, 0.3) is 0 Å². The number of carbonyl (C=O) groups is 2. The van der Waals surface area contributed by atoms with Crippen molar-refractivity contribution < 1.29 is 22.8 Å². The predicted octanol–water partition coefficient (Wildman–Crippen LogP) is 4.88. The summed E-state index contributed by atoms with van der Waals surface area (Å²) in [5.41, 5.74) is -1.63. The second-order valence-corrected chi connectivity index (χ2v) is 4.06. The van der Waals surface area contributed by atoms with Crippen LogP contribution in [0.5, 0.6) is 0 Å². The van der Waals surface area contributed by atoms with E-state index in [1.54, 1.807) is 0 Å². The summed E-state index contributed by atoms with van der Waals surface area (Å²) in [5, 5.41) is -3.00. The largest absolute Gasteiger partial charge is 0.416 e. The highest BCUT2D eigenvalue weighted by Gasteiger charge is 2.33. The van der Waals surface area contributed by atoms with Gasteiger partial charge < -0.3 is 0 Å². The van der Waals surface area contributed by atoms with E-state index in [0.29, 0.717) is 12.1 Å². The van der Waals surface area contributed by atoms with Crippen LogP contribution in [0.15, 0.2) is 18.2 Å². The predicted molar refractivity (Wildman–Crippen MR) is 61.4 cm³/mol. The maximum atomic E-state index is 12.5. The minimum atomic E-state index is -4.66. The molecule has 1 rings (SSSR count). The van der Waals surface area contributed by atoms with Gasteiger partial charge >= 0.3 is 16.9 Å². The summed E-state index contributed by atoms with van der Waals surface area (Å²) in [6, 6.07) is 2.08. The number of nitrogens with zero attached hydrogens (tertiary/aromatic N) is 1. The Hall–Kier alpha value is -0.980. The molecule has 0 fully saturated rings. The van der Waals surface area contributed by atoms with Crippen LogP contribution in [0.3, 0.4) is 0 Å². The molecule has 0 N–H and O–H groups in total. The second-order valence-electron chi connectivity index (χ2n) is 3.01. The molecular formula is C9H3Cl3F3NO2. The maximum Gasteiger partial charge on any atom is 0.416 e. The summed E-state index contributed by atoms with van der Waals surface area (Å²) in [7, 11) is 0. The van der Waals surface area contributed by atoms with Crippen molar-refractivity contribution >= 4 is 51.2 Å². The Morgan fingerprint density at radius 3 is 2.00 bits per heavy atom. The molecule has 9 heteroatoms. The molecule has 18 heavy (non-hydrogen) atoms. The zero-order chi connectivity index (χ0) is 14.1. The lowest BCUT2D eigenvalue weighted by atomic mass is 10.2. The first kappa shape index (κ1) is 15.1. The standard InChI is InChI=1S/C9H3Cl3F3NO2/c10-5-2-1-4(9(13,14)15)3-6(5)16(7(11)17)8(12)18/h1-3H. The van der Waals surface area contributed by atoms with Crippen LogP contribution in [-0.2, 0) is 6.18 Å². The molecule has 2 amide bonds. The van der Waals surface area contributed by atoms with E-state index in [0.717, 1.165) is 6.07 Å². The zero-order valence-electron chi connectivity index (χ0n) is 8.26. The Morgan fingerprint density at radius 2 is 1.61 bits per heavy atom. The number of alkyl halides is 3. The molecule has 0 bridgehead atoms. The van der Waals surface area contributed by atoms with Gasteiger partial charge in [0.1, 0.15) is 0 Å². The number of rotatable bonds is 1. The zero-order valence-corrected chi connectivity index (χ0v) is 10.5. The van der Waals surface area contributed by atoms with E-state index in [2.05, 4.69) is 0 Å². The van der Waals surface area contributed by atoms with E-state index in [1.807, 2.05) is 0 Å². The molecule has 1 aromatic rings. The smallest absolute Gasteiger partial charge is 0.254 e. The number of hydrogen-bond donors (Lipinski definition) is 0. The van der Waals surface area contributed by atoms with Crippen molar-refractivity contribution in [3.05, 3.63) is 28.8 Å². The highest BCUT2D eigenvalue weighted by atomic mass is 35.5. The lowest BCUT2D eigenvalue weighted by Crippen LogP contribution is -2.28. The normalized spacial score (nSPS) is 11.2. The third kappa shape index (κ3) is 3.28. The molecule has 0 saturated heterocycles. The monoisotopic (exact) mass is 319 g/mol. The van der Waals surface area contributed by atoms with Gasteiger partial charge in [-0.3, -0.25) is 9.59 Å². The number of anilines is 1. The van der Waals surface area contributed by atoms with E-state index >= 15 is 0 Å². The molecule has 0 spiro atoms. The number of carbonyl (C=O) groups excluding carboxylic acids is 2. The van der Waals surface area contributed by atoms with Gasteiger partial charge in [0.25, 0.3) is 0 Å². The van der Waals surface area contributed by atoms with Crippen molar-refractivity contribution in [3.63, 3.8) is 0 Å². The van der Waals surface area contributed by atoms with Crippen molar-refractivity contribution in [3.8, 4) is 0 Å². The van der Waals surface area contributed by atoms with Crippen molar-refractivity contribution in [2.24, 2.45) is 0 Å². The van der Waals surface area contributed by atoms with E-state index in [4.69, 9.17) is 34.8 Å². The first-order valence-electron chi connectivity index (χ1n) is 4.20. The molecule has 0 aliphatic rings. The number of hydrogen-bond acceptors (Lipinski definition) is 2. The van der Waals surface area contributed by atoms with Crippen molar-refractivity contribution in [2.45, 2.75) is 6.18 Å². The molecule has 98 valence electrons. The van der Waals surface area contributed by atoms with Gasteiger partial charge in [-0.25, -0.2) is 4.90 Å². The van der Waals surface area contributed by atoms with Crippen LogP contribution in [-0.4, -0.2) is 10.7 Å². The summed E-state index contributed by atoms with van der Waals surface area (Å²) in [5.74, 6) is 0. The molecule has 0 aliphatic heterocycles. The fraction of sp³-hybridized carbons (Fsp3) is 0.111. The van der Waals surface area contributed by atoms with Crippen LogP contribution in [0.2, 0.25) is 5.02 Å². The van der Waals surface area contributed by atoms with Crippen molar-refractivity contribution in [1.29, 1.82) is 0 Å². The lowest BCUT2D eigenvalue weighted by molar-refractivity contribution is -0.137. The molecule has 0 atom stereocenters. The van der Waals surface area contributed by atoms with Crippen molar-refractivity contribution in [1.82, 2.24) is 0 Å². The lowest BCUT2D eigenvalue weighted by Gasteiger charge is -2.17. The number of halogens is 6. The molecule has 0 aromatic heterocycles. The number of benzene rings is 1. The van der Waals surface area contributed by atoms with Gasteiger partial charge in [0.05, 0.1) is 16.3 Å². The SMILES string of the molecule is O=C(Cl)N(C(=O)Cl)c1cc(C(F)(F)F)ccc1Cl. The molecule has 0 aliphatic carbocycles. The average Bonchev–Trinajstić information content (AvgIpc) is 2.18. The molecule has 3 nitrogen and oxygen atoms in total. The van der Waals surface area contributed by atoms with Gasteiger partial charge in [-0.1, -0.05) is 11.6 Å². The van der Waals surface area contributed by atoms with Crippen LogP contribution in [0.1, 0.15) is 5.56 Å². The van der Waals surface area contributed by atoms with E-state index in [1.165, 1.54) is 0 Å². The summed E-state index contributed by atoms with van der Waals surface area (Å²) < 4.78 is 37.4. The Labute approximate surface area is 114 Å². The van der Waals surface area contributed by atoms with Gasteiger partial charge in [0.2, 0.25) is 0 Å². The van der Waals surface area contributed by atoms with Crippen LogP contribution in [0.4, 0.5) is 28.4 Å². The number of imide groups is 1. The molecule has 0 unspecified atom stereocenters. The van der Waals surface area contributed by atoms with Crippen LogP contribution < -0.4 is 4.90 Å². The molecule has 1 aromatic carbocycles. The topological polar surface area (TPSA) is 37.4 Å². The van der Waals surface area contributed by atoms with Crippen LogP contribution in [0, 0.1) is 0 Å². The Morgan fingerprint density at radius 1 is 1.11 bits per heavy atom. The quantitative estimate of drug-likeness (QED) is 0.546. The molecule has 0 saturated carbocycles. The highest BCUT2D eigenvalue weighted by molar-refractivity contribution is 6.77. The first-order chi connectivity index (χ1) is 8.14.